The van der Waals surface area contributed by atoms with Gasteiger partial charge < -0.3 is 20.7 Å². The molecule has 10 heavy (non-hydrogen) atoms. The number of aliphatic hydroxyl groups excluding tert-OH is 2. The van der Waals surface area contributed by atoms with Crippen LogP contribution in [0.25, 0.3) is 0 Å². The monoisotopic (exact) mass is 149 g/mol. The minimum Gasteiger partial charge on any atom is -0.394 e. The Balaban J connectivity index is 2.97. The maximum Gasteiger partial charge on any atom is 0.0785 e. The highest BCUT2D eigenvalue weighted by molar-refractivity contribution is 4.53. The van der Waals surface area contributed by atoms with Gasteiger partial charge in [0.15, 0.2) is 0 Å². The molecule has 1 atom stereocenters. The summed E-state index contributed by atoms with van der Waals surface area (Å²) in [5.41, 5.74) is 5.17. The van der Waals surface area contributed by atoms with Gasteiger partial charge in [0.1, 0.15) is 0 Å². The molecule has 0 fully saturated rings. The van der Waals surface area contributed by atoms with Crippen molar-refractivity contribution >= 4 is 0 Å². The molecule has 0 saturated heterocycles. The molecule has 0 amide bonds. The van der Waals surface area contributed by atoms with E-state index in [1.165, 1.54) is 0 Å². The maximum atomic E-state index is 8.99. The lowest BCUT2D eigenvalue weighted by molar-refractivity contribution is 0.0191. The molecule has 0 rings (SSSR count). The largest absolute Gasteiger partial charge is 0.394 e. The Bertz CT molecular complexity index is 70.0. The summed E-state index contributed by atoms with van der Waals surface area (Å²) in [6, 6.07) is 0. The highest BCUT2D eigenvalue weighted by atomic mass is 16.5. The minimum absolute atomic E-state index is 0.00462. The van der Waals surface area contributed by atoms with Crippen molar-refractivity contribution in [3.8, 4) is 0 Å². The van der Waals surface area contributed by atoms with Crippen LogP contribution >= 0.6 is 0 Å². The number of rotatable bonds is 6. The average Bonchev–Trinajstić information content (AvgIpc) is 1.89. The number of ether oxygens (including phenoxy) is 1. The summed E-state index contributed by atoms with van der Waals surface area (Å²) in [5.74, 6) is 0. The van der Waals surface area contributed by atoms with Crippen LogP contribution in [0.4, 0.5) is 0 Å². The first-order valence-corrected chi connectivity index (χ1v) is 3.38. The molecule has 0 aliphatic carbocycles. The molecule has 0 radical (unpaired) electrons. The van der Waals surface area contributed by atoms with Crippen molar-refractivity contribution in [1.29, 1.82) is 0 Å². The van der Waals surface area contributed by atoms with E-state index in [1.54, 1.807) is 0 Å². The van der Waals surface area contributed by atoms with E-state index in [0.29, 0.717) is 13.0 Å². The fraction of sp³-hybridized carbons (Fsp3) is 1.00. The first-order valence-electron chi connectivity index (χ1n) is 3.38. The van der Waals surface area contributed by atoms with Gasteiger partial charge in [-0.15, -0.1) is 0 Å². The van der Waals surface area contributed by atoms with Crippen LogP contribution in [-0.4, -0.2) is 42.7 Å². The fourth-order valence-electron chi connectivity index (χ4n) is 0.560. The quantitative estimate of drug-likeness (QED) is 0.410. The standard InChI is InChI=1S/C6H15NO3/c7-2-1-6(9)5-10-4-3-8/h6,8-9H,1-5,7H2. The lowest BCUT2D eigenvalue weighted by Crippen LogP contribution is -2.20. The van der Waals surface area contributed by atoms with Gasteiger partial charge in [0.05, 0.1) is 25.9 Å². The Kier molecular flexibility index (Phi) is 6.84. The normalized spacial score (nSPS) is 13.5. The van der Waals surface area contributed by atoms with Gasteiger partial charge in [0, 0.05) is 0 Å². The van der Waals surface area contributed by atoms with Crippen LogP contribution in [0, 0.1) is 0 Å². The zero-order valence-corrected chi connectivity index (χ0v) is 5.99. The van der Waals surface area contributed by atoms with E-state index in [2.05, 4.69) is 0 Å². The smallest absolute Gasteiger partial charge is 0.0785 e. The van der Waals surface area contributed by atoms with Crippen molar-refractivity contribution in [2.24, 2.45) is 5.73 Å². The van der Waals surface area contributed by atoms with E-state index < -0.39 is 6.10 Å². The molecule has 0 bridgehead atoms. The Morgan fingerprint density at radius 2 is 2.20 bits per heavy atom. The van der Waals surface area contributed by atoms with Crippen molar-refractivity contribution < 1.29 is 14.9 Å². The van der Waals surface area contributed by atoms with Crippen LogP contribution in [0.3, 0.4) is 0 Å². The van der Waals surface area contributed by atoms with Crippen LogP contribution < -0.4 is 5.73 Å². The van der Waals surface area contributed by atoms with Crippen LogP contribution in [0.15, 0.2) is 0 Å². The molecule has 0 aromatic heterocycles. The molecular weight excluding hydrogens is 134 g/mol. The van der Waals surface area contributed by atoms with Crippen molar-refractivity contribution in [3.63, 3.8) is 0 Å². The predicted molar refractivity (Wildman–Crippen MR) is 37.6 cm³/mol. The minimum atomic E-state index is -0.489. The molecule has 0 aliphatic heterocycles. The van der Waals surface area contributed by atoms with Crippen LogP contribution in [-0.2, 0) is 4.74 Å². The number of nitrogens with two attached hydrogens (primary N) is 1. The zero-order valence-electron chi connectivity index (χ0n) is 5.99. The molecule has 0 spiro atoms. The van der Waals surface area contributed by atoms with E-state index in [-0.39, 0.29) is 19.8 Å². The second-order valence-corrected chi connectivity index (χ2v) is 2.03. The Morgan fingerprint density at radius 1 is 1.50 bits per heavy atom. The molecule has 62 valence electrons. The Morgan fingerprint density at radius 3 is 2.70 bits per heavy atom. The molecule has 0 heterocycles. The van der Waals surface area contributed by atoms with Gasteiger partial charge in [-0.25, -0.2) is 0 Å². The van der Waals surface area contributed by atoms with E-state index >= 15 is 0 Å². The molecule has 0 aromatic carbocycles. The fourth-order valence-corrected chi connectivity index (χ4v) is 0.560. The Hall–Kier alpha value is -0.160. The van der Waals surface area contributed by atoms with Gasteiger partial charge in [0.2, 0.25) is 0 Å². The van der Waals surface area contributed by atoms with Crippen molar-refractivity contribution in [1.82, 2.24) is 0 Å². The number of hydrogen-bond donors (Lipinski definition) is 3. The second-order valence-electron chi connectivity index (χ2n) is 2.03. The summed E-state index contributed by atoms with van der Waals surface area (Å²) < 4.78 is 4.84. The molecule has 4 nitrogen and oxygen atoms in total. The van der Waals surface area contributed by atoms with Crippen molar-refractivity contribution in [3.05, 3.63) is 0 Å². The topological polar surface area (TPSA) is 75.7 Å². The summed E-state index contributed by atoms with van der Waals surface area (Å²) in [4.78, 5) is 0. The molecular formula is C6H15NO3. The van der Waals surface area contributed by atoms with E-state index in [0.717, 1.165) is 0 Å². The first-order chi connectivity index (χ1) is 4.81. The van der Waals surface area contributed by atoms with Gasteiger partial charge in [0.25, 0.3) is 0 Å². The lowest BCUT2D eigenvalue weighted by Gasteiger charge is -2.08. The third kappa shape index (κ3) is 5.97. The van der Waals surface area contributed by atoms with Crippen molar-refractivity contribution in [2.45, 2.75) is 12.5 Å². The number of hydrogen-bond acceptors (Lipinski definition) is 4. The third-order valence-corrected chi connectivity index (χ3v) is 1.05. The number of aliphatic hydroxyl groups is 2. The van der Waals surface area contributed by atoms with Gasteiger partial charge in [-0.2, -0.15) is 0 Å². The molecule has 4 N–H and O–H groups in total. The van der Waals surface area contributed by atoms with E-state index in [1.807, 2.05) is 0 Å². The van der Waals surface area contributed by atoms with E-state index in [9.17, 15) is 0 Å². The van der Waals surface area contributed by atoms with Gasteiger partial charge >= 0.3 is 0 Å². The van der Waals surface area contributed by atoms with Crippen LogP contribution in [0.5, 0.6) is 0 Å². The molecule has 0 aromatic rings. The molecule has 4 heteroatoms. The van der Waals surface area contributed by atoms with E-state index in [4.69, 9.17) is 20.7 Å². The predicted octanol–water partition coefficient (Wildman–Crippen LogP) is -1.30. The zero-order chi connectivity index (χ0) is 7.82. The van der Waals surface area contributed by atoms with Gasteiger partial charge in [-0.3, -0.25) is 0 Å². The summed E-state index contributed by atoms with van der Waals surface area (Å²) in [6.45, 7) is 0.998. The molecule has 0 saturated carbocycles. The first kappa shape index (κ1) is 9.84. The molecule has 1 unspecified atom stereocenters. The summed E-state index contributed by atoms with van der Waals surface area (Å²) >= 11 is 0. The molecule has 0 aliphatic rings. The van der Waals surface area contributed by atoms with Gasteiger partial charge in [-0.05, 0) is 13.0 Å². The average molecular weight is 149 g/mol. The Labute approximate surface area is 60.6 Å². The highest BCUT2D eigenvalue weighted by Gasteiger charge is 2.00. The van der Waals surface area contributed by atoms with Crippen LogP contribution in [0.2, 0.25) is 0 Å². The summed E-state index contributed by atoms with van der Waals surface area (Å²) in [6.07, 6.45) is 0.0577. The highest BCUT2D eigenvalue weighted by Crippen LogP contribution is 1.89. The van der Waals surface area contributed by atoms with Crippen molar-refractivity contribution in [2.75, 3.05) is 26.4 Å². The SMILES string of the molecule is NCCC(O)COCCO. The van der Waals surface area contributed by atoms with Gasteiger partial charge in [-0.1, -0.05) is 0 Å². The maximum absolute atomic E-state index is 8.99. The summed E-state index contributed by atoms with van der Waals surface area (Å²) in [7, 11) is 0. The van der Waals surface area contributed by atoms with Crippen LogP contribution in [0.1, 0.15) is 6.42 Å². The third-order valence-electron chi connectivity index (χ3n) is 1.05. The lowest BCUT2D eigenvalue weighted by atomic mass is 10.3. The second kappa shape index (κ2) is 6.95. The summed E-state index contributed by atoms with van der Waals surface area (Å²) in [5, 5.41) is 17.3.